The fourth-order valence-electron chi connectivity index (χ4n) is 5.19. The molecular weight excluding hydrogens is 597 g/mol. The van der Waals surface area contributed by atoms with Gasteiger partial charge in [-0.1, -0.05) is 45.7 Å². The number of hydrogen-bond donors (Lipinski definition) is 1. The lowest BCUT2D eigenvalue weighted by atomic mass is 9.93. The number of nitrogens with one attached hydrogen (secondary N) is 1. The molecule has 1 aromatic heterocycles. The number of carbonyl (C=O) groups is 2. The molecule has 2 aromatic carbocycles. The van der Waals surface area contributed by atoms with Crippen molar-refractivity contribution in [3.63, 3.8) is 0 Å². The van der Waals surface area contributed by atoms with Crippen molar-refractivity contribution in [1.29, 1.82) is 0 Å². The number of fused-ring (bicyclic) bond motifs is 1. The van der Waals surface area contributed by atoms with Gasteiger partial charge in [0.15, 0.2) is 0 Å². The second kappa shape index (κ2) is 12.0. The average molecular weight is 633 g/mol. The Hall–Kier alpha value is -2.71. The number of nitrogens with zero attached hydrogens (tertiary/aromatic N) is 2. The number of amides is 1. The molecule has 0 aliphatic carbocycles. The number of esters is 1. The van der Waals surface area contributed by atoms with E-state index in [1.165, 1.54) is 0 Å². The van der Waals surface area contributed by atoms with E-state index in [0.29, 0.717) is 52.3 Å². The van der Waals surface area contributed by atoms with Gasteiger partial charge in [-0.25, -0.2) is 9.37 Å². The molecule has 4 rings (SSSR count). The summed E-state index contributed by atoms with van der Waals surface area (Å²) in [7, 11) is 0. The van der Waals surface area contributed by atoms with Crippen molar-refractivity contribution in [3.8, 4) is 0 Å². The summed E-state index contributed by atoms with van der Waals surface area (Å²) in [6.45, 7) is 9.99. The summed E-state index contributed by atoms with van der Waals surface area (Å²) in [5, 5.41) is 4.38. The maximum absolute atomic E-state index is 14.7. The highest BCUT2D eigenvalue weighted by molar-refractivity contribution is 9.10. The number of halogens is 3. The molecule has 0 spiro atoms. The van der Waals surface area contributed by atoms with Crippen molar-refractivity contribution < 1.29 is 18.7 Å². The fourth-order valence-corrected chi connectivity index (χ4v) is 5.84. The third-order valence-electron chi connectivity index (χ3n) is 7.09. The van der Waals surface area contributed by atoms with Crippen LogP contribution in [0.15, 0.2) is 46.9 Å². The van der Waals surface area contributed by atoms with Crippen molar-refractivity contribution >= 4 is 56.1 Å². The van der Waals surface area contributed by atoms with Gasteiger partial charge in [0.1, 0.15) is 17.1 Å². The van der Waals surface area contributed by atoms with E-state index in [1.54, 1.807) is 13.0 Å². The molecule has 0 radical (unpaired) electrons. The van der Waals surface area contributed by atoms with Gasteiger partial charge in [-0.2, -0.15) is 0 Å². The van der Waals surface area contributed by atoms with Gasteiger partial charge in [0.05, 0.1) is 17.6 Å². The zero-order chi connectivity index (χ0) is 29.2. The molecule has 0 bridgehead atoms. The average Bonchev–Trinajstić information content (AvgIpc) is 3.22. The van der Waals surface area contributed by atoms with E-state index in [1.807, 2.05) is 69.0 Å². The van der Waals surface area contributed by atoms with Crippen LogP contribution in [0.25, 0.3) is 10.9 Å². The Bertz CT molecular complexity index is 1420. The van der Waals surface area contributed by atoms with Crippen LogP contribution in [0.3, 0.4) is 0 Å². The Kier molecular flexibility index (Phi) is 9.10. The van der Waals surface area contributed by atoms with Gasteiger partial charge in [-0.3, -0.25) is 9.59 Å². The van der Waals surface area contributed by atoms with Gasteiger partial charge >= 0.3 is 5.97 Å². The molecule has 3 aromatic rings. The predicted octanol–water partition coefficient (Wildman–Crippen LogP) is 7.53. The summed E-state index contributed by atoms with van der Waals surface area (Å²) < 4.78 is 21.1. The molecular formula is C31H36BrClFN3O3. The van der Waals surface area contributed by atoms with E-state index in [-0.39, 0.29) is 37.3 Å². The van der Waals surface area contributed by atoms with Crippen LogP contribution in [0.2, 0.25) is 5.02 Å². The number of alkyl halides is 1. The summed E-state index contributed by atoms with van der Waals surface area (Å²) in [6, 6.07) is 13.1. The van der Waals surface area contributed by atoms with Gasteiger partial charge in [0, 0.05) is 52.3 Å². The molecule has 2 heterocycles. The quantitative estimate of drug-likeness (QED) is 0.260. The Morgan fingerprint density at radius 3 is 2.62 bits per heavy atom. The third kappa shape index (κ3) is 7.32. The van der Waals surface area contributed by atoms with Crippen molar-refractivity contribution in [2.75, 3.05) is 24.5 Å². The monoisotopic (exact) mass is 631 g/mol. The van der Waals surface area contributed by atoms with Crippen LogP contribution in [0.4, 0.5) is 10.2 Å². The maximum Gasteiger partial charge on any atom is 0.306 e. The van der Waals surface area contributed by atoms with Gasteiger partial charge in [0.25, 0.3) is 5.91 Å². The molecule has 1 fully saturated rings. The van der Waals surface area contributed by atoms with Crippen LogP contribution in [-0.4, -0.2) is 47.8 Å². The molecule has 1 aliphatic heterocycles. The molecule has 6 nitrogen and oxygen atoms in total. The minimum atomic E-state index is -1.30. The summed E-state index contributed by atoms with van der Waals surface area (Å²) >= 11 is 10.0. The fraction of sp³-hybridized carbons (Fsp3) is 0.452. The topological polar surface area (TPSA) is 71.5 Å². The minimum Gasteiger partial charge on any atom is -0.460 e. The molecule has 1 amide bonds. The number of ether oxygens (including phenoxy) is 1. The molecule has 1 aliphatic rings. The maximum atomic E-state index is 14.7. The summed E-state index contributed by atoms with van der Waals surface area (Å²) in [5.74, 6) is -0.155. The first-order chi connectivity index (χ1) is 18.7. The third-order valence-corrected chi connectivity index (χ3v) is 7.92. The summed E-state index contributed by atoms with van der Waals surface area (Å²) in [6.07, 6.45) is 1.05. The highest BCUT2D eigenvalue weighted by Gasteiger charge is 2.35. The standard InChI is InChI=1S/C31H36BrClFN3O3/c1-19-27(23-16-21(32)11-12-25(23)36-28(19)37-15-14-31(5,34)18-37)29(39)35-17-20(22-8-6-7-9-24(22)33)10-13-26(38)40-30(2,3)4/h6-9,11-12,16,20H,10,13-15,17-18H2,1-5H3,(H,35,39). The molecule has 1 saturated heterocycles. The van der Waals surface area contributed by atoms with E-state index in [0.717, 1.165) is 10.0 Å². The lowest BCUT2D eigenvalue weighted by molar-refractivity contribution is -0.155. The van der Waals surface area contributed by atoms with E-state index in [4.69, 9.17) is 21.3 Å². The Balaban J connectivity index is 1.63. The molecule has 9 heteroatoms. The lowest BCUT2D eigenvalue weighted by Gasteiger charge is -2.24. The van der Waals surface area contributed by atoms with Gasteiger partial charge in [-0.15, -0.1) is 0 Å². The van der Waals surface area contributed by atoms with Crippen LogP contribution >= 0.6 is 27.5 Å². The Morgan fingerprint density at radius 1 is 1.25 bits per heavy atom. The van der Waals surface area contributed by atoms with Gasteiger partial charge in [-0.05, 0) is 70.9 Å². The van der Waals surface area contributed by atoms with E-state index < -0.39 is 11.3 Å². The Morgan fingerprint density at radius 2 is 1.98 bits per heavy atom. The number of rotatable bonds is 8. The number of benzene rings is 2. The summed E-state index contributed by atoms with van der Waals surface area (Å²) in [5.41, 5.74) is 0.830. The number of aromatic nitrogens is 1. The van der Waals surface area contributed by atoms with Crippen LogP contribution in [0.1, 0.15) is 74.4 Å². The van der Waals surface area contributed by atoms with Crippen molar-refractivity contribution in [2.45, 2.75) is 71.1 Å². The van der Waals surface area contributed by atoms with Crippen molar-refractivity contribution in [2.24, 2.45) is 0 Å². The SMILES string of the molecule is Cc1c(N2CCC(C)(F)C2)nc2ccc(Br)cc2c1C(=O)NCC(CCC(=O)OC(C)(C)C)c1ccccc1Cl. The first kappa shape index (κ1) is 30.3. The van der Waals surface area contributed by atoms with Crippen LogP contribution < -0.4 is 10.2 Å². The number of pyridine rings is 1. The van der Waals surface area contributed by atoms with Gasteiger partial charge in [0.2, 0.25) is 0 Å². The largest absolute Gasteiger partial charge is 0.460 e. The van der Waals surface area contributed by atoms with Crippen molar-refractivity contribution in [3.05, 3.63) is 68.7 Å². The van der Waals surface area contributed by atoms with Crippen LogP contribution in [-0.2, 0) is 9.53 Å². The molecule has 214 valence electrons. The van der Waals surface area contributed by atoms with E-state index in [2.05, 4.69) is 21.2 Å². The zero-order valence-electron chi connectivity index (χ0n) is 23.6. The second-order valence-electron chi connectivity index (χ2n) is 11.7. The highest BCUT2D eigenvalue weighted by Crippen LogP contribution is 2.35. The lowest BCUT2D eigenvalue weighted by Crippen LogP contribution is -2.31. The summed E-state index contributed by atoms with van der Waals surface area (Å²) in [4.78, 5) is 33.1. The van der Waals surface area contributed by atoms with E-state index in [9.17, 15) is 14.0 Å². The number of carbonyl (C=O) groups excluding carboxylic acids is 2. The van der Waals surface area contributed by atoms with E-state index >= 15 is 0 Å². The Labute approximate surface area is 248 Å². The van der Waals surface area contributed by atoms with Crippen LogP contribution in [0, 0.1) is 6.92 Å². The normalized spacial score (nSPS) is 18.1. The number of hydrogen-bond acceptors (Lipinski definition) is 5. The van der Waals surface area contributed by atoms with Gasteiger partial charge < -0.3 is 15.0 Å². The first-order valence-electron chi connectivity index (χ1n) is 13.5. The molecule has 2 unspecified atom stereocenters. The zero-order valence-corrected chi connectivity index (χ0v) is 26.0. The highest BCUT2D eigenvalue weighted by atomic mass is 79.9. The molecule has 2 atom stereocenters. The second-order valence-corrected chi connectivity index (χ2v) is 13.1. The number of anilines is 1. The smallest absolute Gasteiger partial charge is 0.306 e. The molecule has 40 heavy (non-hydrogen) atoms. The van der Waals surface area contributed by atoms with Crippen molar-refractivity contribution in [1.82, 2.24) is 10.3 Å². The predicted molar refractivity (Wildman–Crippen MR) is 162 cm³/mol. The minimum absolute atomic E-state index is 0.189. The molecule has 1 N–H and O–H groups in total. The first-order valence-corrected chi connectivity index (χ1v) is 14.7. The van der Waals surface area contributed by atoms with Crippen LogP contribution in [0.5, 0.6) is 0 Å². The molecule has 0 saturated carbocycles.